The van der Waals surface area contributed by atoms with Gasteiger partial charge in [-0.15, -0.1) is 0 Å². The Kier molecular flexibility index (Phi) is 6.65. The van der Waals surface area contributed by atoms with Crippen LogP contribution in [0.1, 0.15) is 54.9 Å². The summed E-state index contributed by atoms with van der Waals surface area (Å²) < 4.78 is 5.14. The number of para-hydroxylation sites is 1. The maximum atomic E-state index is 12.2. The van der Waals surface area contributed by atoms with E-state index >= 15 is 0 Å². The van der Waals surface area contributed by atoms with Gasteiger partial charge >= 0.3 is 5.97 Å². The number of hydrogen-bond donors (Lipinski definition) is 1. The molecule has 0 aromatic heterocycles. The van der Waals surface area contributed by atoms with Gasteiger partial charge in [0.1, 0.15) is 0 Å². The Morgan fingerprint density at radius 3 is 2.52 bits per heavy atom. The third-order valence-corrected chi connectivity index (χ3v) is 5.20. The van der Waals surface area contributed by atoms with Crippen LogP contribution in [0.25, 0.3) is 0 Å². The van der Waals surface area contributed by atoms with E-state index in [1.807, 2.05) is 24.3 Å². The summed E-state index contributed by atoms with van der Waals surface area (Å²) in [5.41, 5.74) is 2.90. The lowest BCUT2D eigenvalue weighted by Crippen LogP contribution is -2.24. The number of nitrogens with one attached hydrogen (secondary N) is 1. The Balaban J connectivity index is 1.55. The van der Waals surface area contributed by atoms with Crippen LogP contribution in [-0.4, -0.2) is 30.9 Å². The number of ether oxygens (including phenoxy) is 1. The van der Waals surface area contributed by atoms with Crippen LogP contribution in [-0.2, 0) is 14.3 Å². The van der Waals surface area contributed by atoms with Crippen molar-refractivity contribution >= 4 is 29.2 Å². The summed E-state index contributed by atoms with van der Waals surface area (Å²) in [6, 6.07) is 14.3. The van der Waals surface area contributed by atoms with Crippen molar-refractivity contribution in [3.05, 3.63) is 59.7 Å². The summed E-state index contributed by atoms with van der Waals surface area (Å²) >= 11 is 0. The normalized spacial score (nSPS) is 14.6. The quantitative estimate of drug-likeness (QED) is 0.717. The fourth-order valence-electron chi connectivity index (χ4n) is 3.36. The number of nitrogens with zero attached hydrogens (tertiary/aromatic N) is 1. The molecule has 29 heavy (non-hydrogen) atoms. The molecule has 152 valence electrons. The van der Waals surface area contributed by atoms with E-state index in [0.29, 0.717) is 24.4 Å². The molecule has 1 heterocycles. The lowest BCUT2D eigenvalue weighted by atomic mass is 9.97. The van der Waals surface area contributed by atoms with Gasteiger partial charge < -0.3 is 15.0 Å². The zero-order valence-electron chi connectivity index (χ0n) is 16.8. The number of carbonyl (C=O) groups is 3. The van der Waals surface area contributed by atoms with Crippen molar-refractivity contribution in [1.29, 1.82) is 0 Å². The zero-order valence-corrected chi connectivity index (χ0v) is 16.8. The number of esters is 1. The molecule has 6 heteroatoms. The summed E-state index contributed by atoms with van der Waals surface area (Å²) in [7, 11) is 0. The minimum absolute atomic E-state index is 0.0923. The third kappa shape index (κ3) is 5.02. The summed E-state index contributed by atoms with van der Waals surface area (Å²) in [4.78, 5) is 38.0. The Bertz CT molecular complexity index is 892. The van der Waals surface area contributed by atoms with Crippen molar-refractivity contribution in [2.75, 3.05) is 23.4 Å². The first kappa shape index (κ1) is 20.6. The van der Waals surface area contributed by atoms with Crippen molar-refractivity contribution in [1.82, 2.24) is 0 Å². The van der Waals surface area contributed by atoms with Crippen molar-refractivity contribution in [3.8, 4) is 0 Å². The van der Waals surface area contributed by atoms with Crippen LogP contribution in [0.4, 0.5) is 11.4 Å². The molecule has 0 radical (unpaired) electrons. The topological polar surface area (TPSA) is 75.7 Å². The minimum atomic E-state index is -0.574. The van der Waals surface area contributed by atoms with Gasteiger partial charge in [0.05, 0.1) is 5.56 Å². The number of carbonyl (C=O) groups excluding carboxylic acids is 3. The molecule has 1 saturated heterocycles. The summed E-state index contributed by atoms with van der Waals surface area (Å²) in [5, 5.41) is 2.82. The van der Waals surface area contributed by atoms with Crippen molar-refractivity contribution in [2.45, 2.75) is 39.0 Å². The summed E-state index contributed by atoms with van der Waals surface area (Å²) in [6.45, 7) is 4.53. The fraction of sp³-hybridized carbons (Fsp3) is 0.348. The van der Waals surface area contributed by atoms with Crippen LogP contribution in [0.15, 0.2) is 48.5 Å². The molecule has 0 aliphatic carbocycles. The molecule has 0 unspecified atom stereocenters. The van der Waals surface area contributed by atoms with E-state index in [4.69, 9.17) is 4.74 Å². The van der Waals surface area contributed by atoms with E-state index in [1.54, 1.807) is 29.2 Å². The van der Waals surface area contributed by atoms with Crippen LogP contribution >= 0.6 is 0 Å². The van der Waals surface area contributed by atoms with E-state index in [2.05, 4.69) is 19.2 Å². The van der Waals surface area contributed by atoms with Crippen LogP contribution in [0.2, 0.25) is 0 Å². The van der Waals surface area contributed by atoms with Gasteiger partial charge in [-0.05, 0) is 54.7 Å². The van der Waals surface area contributed by atoms with E-state index in [1.165, 1.54) is 0 Å². The molecule has 1 fully saturated rings. The molecule has 1 atom stereocenters. The molecule has 6 nitrogen and oxygen atoms in total. The van der Waals surface area contributed by atoms with Crippen molar-refractivity contribution in [3.63, 3.8) is 0 Å². The third-order valence-electron chi connectivity index (χ3n) is 5.20. The molecule has 0 spiro atoms. The second-order valence-corrected chi connectivity index (χ2v) is 7.22. The predicted molar refractivity (Wildman–Crippen MR) is 112 cm³/mol. The van der Waals surface area contributed by atoms with Gasteiger partial charge in [0, 0.05) is 24.3 Å². The molecule has 3 rings (SSSR count). The molecule has 0 saturated carbocycles. The van der Waals surface area contributed by atoms with Gasteiger partial charge in [-0.3, -0.25) is 9.59 Å². The monoisotopic (exact) mass is 394 g/mol. The largest absolute Gasteiger partial charge is 0.452 e. The Hall–Kier alpha value is -3.15. The molecular formula is C23H26N2O4. The lowest BCUT2D eigenvalue weighted by molar-refractivity contribution is -0.119. The zero-order chi connectivity index (χ0) is 20.8. The number of anilines is 2. The smallest absolute Gasteiger partial charge is 0.338 e. The Morgan fingerprint density at radius 2 is 1.86 bits per heavy atom. The SMILES string of the molecule is CC[C@@H](C)c1ccccc1NC(=O)COC(=O)c1ccc(N2CCCC2=O)cc1. The maximum absolute atomic E-state index is 12.2. The first-order chi connectivity index (χ1) is 14.0. The predicted octanol–water partition coefficient (Wildman–Crippen LogP) is 4.12. The maximum Gasteiger partial charge on any atom is 0.338 e. The highest BCUT2D eigenvalue weighted by Crippen LogP contribution is 2.26. The number of amides is 2. The number of benzene rings is 2. The molecule has 1 N–H and O–H groups in total. The van der Waals surface area contributed by atoms with Crippen molar-refractivity contribution < 1.29 is 19.1 Å². The average molecular weight is 394 g/mol. The van der Waals surface area contributed by atoms with Gasteiger partial charge in [-0.2, -0.15) is 0 Å². The van der Waals surface area contributed by atoms with E-state index < -0.39 is 5.97 Å². The van der Waals surface area contributed by atoms with Gasteiger partial charge in [0.25, 0.3) is 5.91 Å². The standard InChI is InChI=1S/C23H26N2O4/c1-3-16(2)19-7-4-5-8-20(19)24-21(26)15-29-23(28)17-10-12-18(13-11-17)25-14-6-9-22(25)27/h4-5,7-8,10-13,16H,3,6,9,14-15H2,1-2H3,(H,24,26)/t16-/m1/s1. The second-order valence-electron chi connectivity index (χ2n) is 7.22. The Morgan fingerprint density at radius 1 is 1.14 bits per heavy atom. The molecule has 0 bridgehead atoms. The van der Waals surface area contributed by atoms with E-state index in [0.717, 1.165) is 29.8 Å². The lowest BCUT2D eigenvalue weighted by Gasteiger charge is -2.16. The molecule has 2 amide bonds. The molecule has 1 aliphatic rings. The number of hydrogen-bond acceptors (Lipinski definition) is 4. The number of rotatable bonds is 7. The van der Waals surface area contributed by atoms with E-state index in [-0.39, 0.29) is 18.4 Å². The summed E-state index contributed by atoms with van der Waals surface area (Å²) in [5.74, 6) is -0.548. The first-order valence-electron chi connectivity index (χ1n) is 9.96. The van der Waals surface area contributed by atoms with E-state index in [9.17, 15) is 14.4 Å². The summed E-state index contributed by atoms with van der Waals surface area (Å²) in [6.07, 6.45) is 2.36. The van der Waals surface area contributed by atoms with Gasteiger partial charge in [0.15, 0.2) is 6.61 Å². The Labute approximate surface area is 170 Å². The van der Waals surface area contributed by atoms with Crippen LogP contribution < -0.4 is 10.2 Å². The second kappa shape index (κ2) is 9.37. The van der Waals surface area contributed by atoms with Crippen LogP contribution in [0.3, 0.4) is 0 Å². The van der Waals surface area contributed by atoms with Crippen LogP contribution in [0, 0.1) is 0 Å². The van der Waals surface area contributed by atoms with Crippen LogP contribution in [0.5, 0.6) is 0 Å². The highest BCUT2D eigenvalue weighted by Gasteiger charge is 2.22. The molecule has 2 aromatic carbocycles. The molecule has 1 aliphatic heterocycles. The van der Waals surface area contributed by atoms with Gasteiger partial charge in [-0.1, -0.05) is 32.0 Å². The molecule has 2 aromatic rings. The highest BCUT2D eigenvalue weighted by atomic mass is 16.5. The van der Waals surface area contributed by atoms with Crippen molar-refractivity contribution in [2.24, 2.45) is 0 Å². The average Bonchev–Trinajstić information content (AvgIpc) is 3.17. The first-order valence-corrected chi connectivity index (χ1v) is 9.96. The highest BCUT2D eigenvalue weighted by molar-refractivity contribution is 5.97. The van der Waals surface area contributed by atoms with Gasteiger partial charge in [-0.25, -0.2) is 4.79 Å². The molecular weight excluding hydrogens is 368 g/mol. The minimum Gasteiger partial charge on any atom is -0.452 e. The fourth-order valence-corrected chi connectivity index (χ4v) is 3.36. The van der Waals surface area contributed by atoms with Gasteiger partial charge in [0.2, 0.25) is 5.91 Å².